The summed E-state index contributed by atoms with van der Waals surface area (Å²) in [4.78, 5) is 15.3. The van der Waals surface area contributed by atoms with E-state index in [0.717, 1.165) is 36.9 Å². The molecule has 2 aliphatic rings. The summed E-state index contributed by atoms with van der Waals surface area (Å²) in [6, 6.07) is 22.3. The molecular weight excluding hydrogens is 426 g/mol. The van der Waals surface area contributed by atoms with Gasteiger partial charge in [0.15, 0.2) is 0 Å². The molecule has 0 N–H and O–H groups in total. The first-order valence-electron chi connectivity index (χ1n) is 12.3. The van der Waals surface area contributed by atoms with Crippen molar-refractivity contribution in [3.63, 3.8) is 0 Å². The summed E-state index contributed by atoms with van der Waals surface area (Å²) in [6.45, 7) is 4.10. The first kappa shape index (κ1) is 22.8. The zero-order valence-electron chi connectivity index (χ0n) is 20.0. The van der Waals surface area contributed by atoms with E-state index in [1.54, 1.807) is 4.68 Å². The molecule has 1 amide bonds. The minimum absolute atomic E-state index is 0.0271. The smallest absolute Gasteiger partial charge is 0.272 e. The van der Waals surface area contributed by atoms with Crippen LogP contribution in [0.15, 0.2) is 66.7 Å². The van der Waals surface area contributed by atoms with Gasteiger partial charge in [0.2, 0.25) is 0 Å². The first-order chi connectivity index (χ1) is 16.6. The van der Waals surface area contributed by atoms with Gasteiger partial charge in [-0.1, -0.05) is 60.7 Å². The zero-order valence-corrected chi connectivity index (χ0v) is 20.0. The van der Waals surface area contributed by atoms with Crippen molar-refractivity contribution >= 4 is 5.91 Å². The number of piperidine rings is 1. The largest absolute Gasteiger partial charge is 0.378 e. The standard InChI is InChI=1S/C28H33N3O3/c1-3-33-23-18-26(22-12-8-5-9-13-22)34-28(20-23)14-16-31(17-15-28)27(32)25-19-24(29-30(25)2)21-10-6-4-7-11-21/h4-13,19,23,26H,3,14-18,20H2,1-2H3/t23-,26-/m0/s1. The van der Waals surface area contributed by atoms with Crippen LogP contribution in [0.3, 0.4) is 0 Å². The van der Waals surface area contributed by atoms with Crippen molar-refractivity contribution in [2.24, 2.45) is 7.05 Å². The van der Waals surface area contributed by atoms with Crippen molar-refractivity contribution in [3.8, 4) is 11.3 Å². The van der Waals surface area contributed by atoms with Crippen LogP contribution in [-0.4, -0.2) is 52.0 Å². The Morgan fingerprint density at radius 1 is 1.09 bits per heavy atom. The first-order valence-corrected chi connectivity index (χ1v) is 12.3. The number of likely N-dealkylation sites (tertiary alicyclic amines) is 1. The van der Waals surface area contributed by atoms with Crippen molar-refractivity contribution in [1.29, 1.82) is 0 Å². The Morgan fingerprint density at radius 2 is 1.76 bits per heavy atom. The third kappa shape index (κ3) is 4.65. The third-order valence-corrected chi connectivity index (χ3v) is 7.17. The quantitative estimate of drug-likeness (QED) is 0.538. The monoisotopic (exact) mass is 459 g/mol. The predicted molar refractivity (Wildman–Crippen MR) is 131 cm³/mol. The van der Waals surface area contributed by atoms with Crippen LogP contribution < -0.4 is 0 Å². The summed E-state index contributed by atoms with van der Waals surface area (Å²) in [7, 11) is 1.84. The van der Waals surface area contributed by atoms with Crippen LogP contribution >= 0.6 is 0 Å². The number of carbonyl (C=O) groups excluding carboxylic acids is 1. The molecule has 6 nitrogen and oxygen atoms in total. The summed E-state index contributed by atoms with van der Waals surface area (Å²) in [5, 5.41) is 4.58. The second kappa shape index (κ2) is 9.72. The van der Waals surface area contributed by atoms with Gasteiger partial charge in [0.1, 0.15) is 5.69 Å². The normalized spacial score (nSPS) is 22.1. The number of carbonyl (C=O) groups is 1. The van der Waals surface area contributed by atoms with E-state index in [-0.39, 0.29) is 23.7 Å². The molecule has 34 heavy (non-hydrogen) atoms. The lowest BCUT2D eigenvalue weighted by atomic mass is 9.80. The molecule has 3 heterocycles. The van der Waals surface area contributed by atoms with Gasteiger partial charge in [-0.05, 0) is 31.4 Å². The number of aryl methyl sites for hydroxylation is 1. The maximum atomic E-state index is 13.4. The second-order valence-electron chi connectivity index (χ2n) is 9.41. The van der Waals surface area contributed by atoms with Gasteiger partial charge in [0.25, 0.3) is 5.91 Å². The highest BCUT2D eigenvalue weighted by Crippen LogP contribution is 2.44. The van der Waals surface area contributed by atoms with Gasteiger partial charge in [-0.25, -0.2) is 0 Å². The second-order valence-corrected chi connectivity index (χ2v) is 9.41. The van der Waals surface area contributed by atoms with Gasteiger partial charge in [-0.3, -0.25) is 9.48 Å². The Morgan fingerprint density at radius 3 is 2.44 bits per heavy atom. The predicted octanol–water partition coefficient (Wildman–Crippen LogP) is 5.02. The van der Waals surface area contributed by atoms with Gasteiger partial charge in [-0.2, -0.15) is 5.10 Å². The van der Waals surface area contributed by atoms with Crippen LogP contribution in [0.25, 0.3) is 11.3 Å². The fourth-order valence-corrected chi connectivity index (χ4v) is 5.39. The minimum atomic E-state index is -0.253. The van der Waals surface area contributed by atoms with Crippen LogP contribution in [0.4, 0.5) is 0 Å². The van der Waals surface area contributed by atoms with E-state index in [1.165, 1.54) is 5.56 Å². The molecule has 2 atom stereocenters. The number of rotatable bonds is 5. The molecule has 1 aromatic heterocycles. The van der Waals surface area contributed by atoms with E-state index in [1.807, 2.05) is 54.4 Å². The summed E-state index contributed by atoms with van der Waals surface area (Å²) >= 11 is 0. The lowest BCUT2D eigenvalue weighted by Gasteiger charge is -2.48. The molecule has 0 bridgehead atoms. The van der Waals surface area contributed by atoms with Crippen LogP contribution in [0, 0.1) is 0 Å². The number of ether oxygens (including phenoxy) is 2. The molecule has 0 aliphatic carbocycles. The van der Waals surface area contributed by atoms with Gasteiger partial charge in [0, 0.05) is 45.1 Å². The molecule has 5 rings (SSSR count). The van der Waals surface area contributed by atoms with Crippen LogP contribution in [-0.2, 0) is 16.5 Å². The molecule has 0 unspecified atom stereocenters. The molecule has 3 aromatic rings. The molecule has 0 radical (unpaired) electrons. The van der Waals surface area contributed by atoms with E-state index >= 15 is 0 Å². The van der Waals surface area contributed by atoms with Crippen LogP contribution in [0.1, 0.15) is 54.8 Å². The topological polar surface area (TPSA) is 56.6 Å². The third-order valence-electron chi connectivity index (χ3n) is 7.17. The summed E-state index contributed by atoms with van der Waals surface area (Å²) < 4.78 is 14.6. The Bertz CT molecular complexity index is 1100. The average Bonchev–Trinajstić information content (AvgIpc) is 3.27. The number of aromatic nitrogens is 2. The molecule has 2 saturated heterocycles. The van der Waals surface area contributed by atoms with E-state index < -0.39 is 0 Å². The average molecular weight is 460 g/mol. The van der Waals surface area contributed by atoms with Crippen LogP contribution in [0.5, 0.6) is 0 Å². The highest BCUT2D eigenvalue weighted by molar-refractivity contribution is 5.93. The van der Waals surface area contributed by atoms with Crippen molar-refractivity contribution < 1.29 is 14.3 Å². The number of benzene rings is 2. The molecule has 2 fully saturated rings. The lowest BCUT2D eigenvalue weighted by molar-refractivity contribution is -0.190. The summed E-state index contributed by atoms with van der Waals surface area (Å²) in [5.74, 6) is 0.0313. The number of hydrogen-bond donors (Lipinski definition) is 0. The zero-order chi connectivity index (χ0) is 23.5. The fraction of sp³-hybridized carbons (Fsp3) is 0.429. The Hall–Kier alpha value is -2.96. The molecule has 2 aromatic carbocycles. The number of amides is 1. The SMILES string of the molecule is CCO[C@H]1C[C@@H](c2ccccc2)OC2(CCN(C(=O)c3cc(-c4ccccc4)nn3C)CC2)C1. The van der Waals surface area contributed by atoms with Crippen molar-refractivity contribution in [2.75, 3.05) is 19.7 Å². The molecule has 1 spiro atoms. The van der Waals surface area contributed by atoms with Gasteiger partial charge in [0.05, 0.1) is 23.5 Å². The maximum absolute atomic E-state index is 13.4. The van der Waals surface area contributed by atoms with Crippen LogP contribution in [0.2, 0.25) is 0 Å². The number of hydrogen-bond acceptors (Lipinski definition) is 4. The lowest BCUT2D eigenvalue weighted by Crippen LogP contribution is -2.52. The molecule has 2 aliphatic heterocycles. The number of nitrogens with zero attached hydrogens (tertiary/aromatic N) is 3. The summed E-state index contributed by atoms with van der Waals surface area (Å²) in [5.41, 5.74) is 3.40. The van der Waals surface area contributed by atoms with E-state index in [9.17, 15) is 4.79 Å². The van der Waals surface area contributed by atoms with E-state index in [2.05, 4.69) is 36.3 Å². The Kier molecular flexibility index (Phi) is 6.53. The highest BCUT2D eigenvalue weighted by atomic mass is 16.5. The van der Waals surface area contributed by atoms with Crippen molar-refractivity contribution in [1.82, 2.24) is 14.7 Å². The Labute approximate surface area is 201 Å². The van der Waals surface area contributed by atoms with E-state index in [4.69, 9.17) is 9.47 Å². The highest BCUT2D eigenvalue weighted by Gasteiger charge is 2.45. The molecular formula is C28H33N3O3. The molecule has 178 valence electrons. The minimum Gasteiger partial charge on any atom is -0.378 e. The van der Waals surface area contributed by atoms with Gasteiger partial charge < -0.3 is 14.4 Å². The fourth-order valence-electron chi connectivity index (χ4n) is 5.39. The Balaban J connectivity index is 1.29. The van der Waals surface area contributed by atoms with Crippen molar-refractivity contribution in [3.05, 3.63) is 78.0 Å². The molecule has 0 saturated carbocycles. The summed E-state index contributed by atoms with van der Waals surface area (Å²) in [6.07, 6.45) is 3.59. The molecule has 6 heteroatoms. The van der Waals surface area contributed by atoms with Gasteiger partial charge >= 0.3 is 0 Å². The maximum Gasteiger partial charge on any atom is 0.272 e. The van der Waals surface area contributed by atoms with Crippen molar-refractivity contribution in [2.45, 2.75) is 50.4 Å². The van der Waals surface area contributed by atoms with E-state index in [0.29, 0.717) is 25.4 Å². The van der Waals surface area contributed by atoms with Gasteiger partial charge in [-0.15, -0.1) is 0 Å².